The van der Waals surface area contributed by atoms with Gasteiger partial charge < -0.3 is 9.84 Å². The number of phenolic OH excluding ortho intramolecular Hbond substituents is 1. The Balaban J connectivity index is 2.35. The zero-order chi connectivity index (χ0) is 18.1. The van der Waals surface area contributed by atoms with Gasteiger partial charge in [-0.3, -0.25) is 5.10 Å². The summed E-state index contributed by atoms with van der Waals surface area (Å²) in [6.45, 7) is 3.14. The second kappa shape index (κ2) is 6.42. The maximum absolute atomic E-state index is 12.5. The molecule has 0 aliphatic carbocycles. The first-order chi connectivity index (χ1) is 11.1. The van der Waals surface area contributed by atoms with E-state index < -0.39 is 27.3 Å². The third-order valence-electron chi connectivity index (χ3n) is 3.27. The number of para-hydroxylation sites is 1. The smallest absolute Gasteiger partial charge is 0.358 e. The highest BCUT2D eigenvalue weighted by Gasteiger charge is 2.32. The number of rotatable bonds is 5. The molecule has 24 heavy (non-hydrogen) atoms. The van der Waals surface area contributed by atoms with Gasteiger partial charge in [0.15, 0.2) is 11.4 Å². The minimum absolute atomic E-state index is 0.0189. The number of aromatic nitrogens is 2. The van der Waals surface area contributed by atoms with Crippen LogP contribution in [0.4, 0.5) is 0 Å². The molecule has 1 aromatic heterocycles. The van der Waals surface area contributed by atoms with Gasteiger partial charge in [0.25, 0.3) is 0 Å². The summed E-state index contributed by atoms with van der Waals surface area (Å²) in [5.74, 6) is -1.19. The Bertz CT molecular complexity index is 876. The van der Waals surface area contributed by atoms with Gasteiger partial charge in [0.2, 0.25) is 10.0 Å². The van der Waals surface area contributed by atoms with E-state index in [2.05, 4.69) is 19.7 Å². The second-order valence-corrected chi connectivity index (χ2v) is 7.53. The highest BCUT2D eigenvalue weighted by molar-refractivity contribution is 7.89. The SMILES string of the molecule is COC(=O)c1cc(C(C)(C)NS(=O)(=O)c2cccc(Cl)c2O)[nH]n1. The number of benzene rings is 1. The number of ether oxygens (including phenoxy) is 1. The van der Waals surface area contributed by atoms with Crippen LogP contribution < -0.4 is 4.72 Å². The van der Waals surface area contributed by atoms with E-state index in [1.54, 1.807) is 13.8 Å². The van der Waals surface area contributed by atoms with Crippen LogP contribution in [-0.4, -0.2) is 36.8 Å². The molecule has 8 nitrogen and oxygen atoms in total. The highest BCUT2D eigenvalue weighted by atomic mass is 35.5. The Labute approximate surface area is 143 Å². The van der Waals surface area contributed by atoms with E-state index in [9.17, 15) is 18.3 Å². The minimum atomic E-state index is -4.08. The molecular weight excluding hydrogens is 358 g/mol. The van der Waals surface area contributed by atoms with Gasteiger partial charge in [0, 0.05) is 0 Å². The van der Waals surface area contributed by atoms with Crippen molar-refractivity contribution >= 4 is 27.6 Å². The molecular formula is C14H16ClN3O5S. The summed E-state index contributed by atoms with van der Waals surface area (Å²) in [6, 6.07) is 5.40. The number of carbonyl (C=O) groups excluding carboxylic acids is 1. The third kappa shape index (κ3) is 3.53. The molecule has 0 saturated heterocycles. The van der Waals surface area contributed by atoms with E-state index in [4.69, 9.17) is 11.6 Å². The van der Waals surface area contributed by atoms with Crippen LogP contribution in [0.5, 0.6) is 5.75 Å². The lowest BCUT2D eigenvalue weighted by atomic mass is 10.0. The summed E-state index contributed by atoms with van der Waals surface area (Å²) in [7, 11) is -2.87. The molecule has 0 amide bonds. The zero-order valence-electron chi connectivity index (χ0n) is 13.1. The molecule has 0 unspecified atom stereocenters. The first kappa shape index (κ1) is 18.2. The standard InChI is InChI=1S/C14H16ClN3O5S/c1-14(2,11-7-9(16-17-11)13(20)23-3)18-24(21,22)10-6-4-5-8(15)12(10)19/h4-7,18-19H,1-3H3,(H,16,17). The fraction of sp³-hybridized carbons (Fsp3) is 0.286. The van der Waals surface area contributed by atoms with Crippen LogP contribution in [0.25, 0.3) is 0 Å². The third-order valence-corrected chi connectivity index (χ3v) is 5.27. The molecule has 1 heterocycles. The summed E-state index contributed by atoms with van der Waals surface area (Å²) in [4.78, 5) is 11.1. The Morgan fingerprint density at radius 1 is 1.42 bits per heavy atom. The van der Waals surface area contributed by atoms with Crippen molar-refractivity contribution < 1.29 is 23.1 Å². The average molecular weight is 374 g/mol. The monoisotopic (exact) mass is 373 g/mol. The molecule has 0 fully saturated rings. The van der Waals surface area contributed by atoms with Crippen molar-refractivity contribution in [1.82, 2.24) is 14.9 Å². The van der Waals surface area contributed by atoms with Crippen LogP contribution >= 0.6 is 11.6 Å². The largest absolute Gasteiger partial charge is 0.505 e. The van der Waals surface area contributed by atoms with Crippen LogP contribution in [0, 0.1) is 0 Å². The van der Waals surface area contributed by atoms with Crippen LogP contribution in [-0.2, 0) is 20.3 Å². The minimum Gasteiger partial charge on any atom is -0.505 e. The summed E-state index contributed by atoms with van der Waals surface area (Å²) in [5, 5.41) is 16.2. The summed E-state index contributed by atoms with van der Waals surface area (Å²) in [6.07, 6.45) is 0. The predicted molar refractivity (Wildman–Crippen MR) is 86.4 cm³/mol. The molecule has 10 heteroatoms. The van der Waals surface area contributed by atoms with E-state index in [1.807, 2.05) is 0 Å². The van der Waals surface area contributed by atoms with Gasteiger partial charge in [-0.15, -0.1) is 0 Å². The van der Waals surface area contributed by atoms with Crippen LogP contribution in [0.2, 0.25) is 5.02 Å². The van der Waals surface area contributed by atoms with E-state index >= 15 is 0 Å². The zero-order valence-corrected chi connectivity index (χ0v) is 14.7. The number of aromatic hydroxyl groups is 1. The Hall–Kier alpha value is -2.10. The van der Waals surface area contributed by atoms with Crippen LogP contribution in [0.15, 0.2) is 29.2 Å². The molecule has 0 aliphatic heterocycles. The fourth-order valence-corrected chi connectivity index (χ4v) is 3.75. The van der Waals surface area contributed by atoms with Crippen molar-refractivity contribution in [3.63, 3.8) is 0 Å². The molecule has 0 saturated carbocycles. The van der Waals surface area contributed by atoms with Gasteiger partial charge in [-0.05, 0) is 32.0 Å². The van der Waals surface area contributed by atoms with E-state index in [0.29, 0.717) is 5.69 Å². The van der Waals surface area contributed by atoms with Crippen LogP contribution in [0.3, 0.4) is 0 Å². The first-order valence-corrected chi connectivity index (χ1v) is 8.60. The maximum atomic E-state index is 12.5. The molecule has 1 aromatic carbocycles. The van der Waals surface area contributed by atoms with Gasteiger partial charge >= 0.3 is 5.97 Å². The lowest BCUT2D eigenvalue weighted by Gasteiger charge is -2.24. The Morgan fingerprint density at radius 2 is 2.08 bits per heavy atom. The first-order valence-electron chi connectivity index (χ1n) is 6.74. The number of sulfonamides is 1. The molecule has 3 N–H and O–H groups in total. The Morgan fingerprint density at radius 3 is 2.71 bits per heavy atom. The number of halogens is 1. The van der Waals surface area contributed by atoms with E-state index in [1.165, 1.54) is 31.4 Å². The number of hydrogen-bond acceptors (Lipinski definition) is 6. The molecule has 0 aliphatic rings. The van der Waals surface area contributed by atoms with Gasteiger partial charge in [-0.25, -0.2) is 13.2 Å². The highest BCUT2D eigenvalue weighted by Crippen LogP contribution is 2.32. The molecule has 2 rings (SSSR count). The van der Waals surface area contributed by atoms with Gasteiger partial charge in [0.05, 0.1) is 23.4 Å². The molecule has 0 spiro atoms. The average Bonchev–Trinajstić information content (AvgIpc) is 2.98. The van der Waals surface area contributed by atoms with Gasteiger partial charge in [-0.2, -0.15) is 9.82 Å². The van der Waals surface area contributed by atoms with Gasteiger partial charge in [-0.1, -0.05) is 17.7 Å². The number of esters is 1. The summed E-state index contributed by atoms with van der Waals surface area (Å²) < 4.78 is 32.1. The predicted octanol–water partition coefficient (Wildman–Crippen LogP) is 1.77. The summed E-state index contributed by atoms with van der Waals surface area (Å²) >= 11 is 5.75. The number of aromatic amines is 1. The number of nitrogens with one attached hydrogen (secondary N) is 2. The van der Waals surface area contributed by atoms with Crippen molar-refractivity contribution in [2.24, 2.45) is 0 Å². The van der Waals surface area contributed by atoms with Crippen LogP contribution in [0.1, 0.15) is 30.0 Å². The molecule has 0 bridgehead atoms. The number of nitrogens with zero attached hydrogens (tertiary/aromatic N) is 1. The number of carbonyl (C=O) groups is 1. The fourth-order valence-electron chi connectivity index (χ4n) is 2.01. The van der Waals surface area contributed by atoms with E-state index in [0.717, 1.165) is 0 Å². The van der Waals surface area contributed by atoms with Crippen molar-refractivity contribution in [3.05, 3.63) is 40.7 Å². The number of phenols is 1. The molecule has 0 atom stereocenters. The molecule has 2 aromatic rings. The van der Waals surface area contributed by atoms with Crippen molar-refractivity contribution in [2.45, 2.75) is 24.3 Å². The van der Waals surface area contributed by atoms with Gasteiger partial charge in [0.1, 0.15) is 4.90 Å². The molecule has 130 valence electrons. The topological polar surface area (TPSA) is 121 Å². The van der Waals surface area contributed by atoms with Crippen molar-refractivity contribution in [3.8, 4) is 5.75 Å². The van der Waals surface area contributed by atoms with Crippen molar-refractivity contribution in [1.29, 1.82) is 0 Å². The number of methoxy groups -OCH3 is 1. The number of hydrogen-bond donors (Lipinski definition) is 3. The second-order valence-electron chi connectivity index (χ2n) is 5.48. The maximum Gasteiger partial charge on any atom is 0.358 e. The summed E-state index contributed by atoms with van der Waals surface area (Å²) in [5.41, 5.74) is -0.786. The molecule has 0 radical (unpaired) electrons. The lowest BCUT2D eigenvalue weighted by Crippen LogP contribution is -2.41. The normalized spacial score (nSPS) is 12.2. The lowest BCUT2D eigenvalue weighted by molar-refractivity contribution is 0.0594. The van der Waals surface area contributed by atoms with Crippen molar-refractivity contribution in [2.75, 3.05) is 7.11 Å². The number of H-pyrrole nitrogens is 1. The Kier molecular flexibility index (Phi) is 4.88. The van der Waals surface area contributed by atoms with E-state index in [-0.39, 0.29) is 15.6 Å². The quantitative estimate of drug-likeness (QED) is 0.686.